The van der Waals surface area contributed by atoms with Gasteiger partial charge < -0.3 is 4.90 Å². The van der Waals surface area contributed by atoms with E-state index in [9.17, 15) is 14.0 Å². The van der Waals surface area contributed by atoms with Crippen LogP contribution in [0.15, 0.2) is 91.0 Å². The molecule has 0 unspecified atom stereocenters. The van der Waals surface area contributed by atoms with Crippen LogP contribution in [0.1, 0.15) is 29.5 Å². The summed E-state index contributed by atoms with van der Waals surface area (Å²) in [4.78, 5) is 26.4. The molecular formula is C24H20FNO2. The summed E-state index contributed by atoms with van der Waals surface area (Å²) >= 11 is 0. The average molecular weight is 373 g/mol. The predicted molar refractivity (Wildman–Crippen MR) is 105 cm³/mol. The van der Waals surface area contributed by atoms with E-state index in [-0.39, 0.29) is 18.7 Å². The fourth-order valence-electron chi connectivity index (χ4n) is 4.27. The number of hydrogen-bond acceptors (Lipinski definition) is 2. The molecular weight excluding hydrogens is 353 g/mol. The lowest BCUT2D eigenvalue weighted by Crippen LogP contribution is -2.54. The minimum Gasteiger partial charge on any atom is -0.312 e. The van der Waals surface area contributed by atoms with E-state index in [2.05, 4.69) is 0 Å². The van der Waals surface area contributed by atoms with Crippen LogP contribution in [-0.4, -0.2) is 22.9 Å². The molecule has 0 N–H and O–H groups in total. The molecule has 140 valence electrons. The van der Waals surface area contributed by atoms with Crippen LogP contribution in [0.2, 0.25) is 0 Å². The molecule has 4 heteroatoms. The molecule has 0 aliphatic carbocycles. The Morgan fingerprint density at radius 2 is 1.18 bits per heavy atom. The number of nitrogens with zero attached hydrogens (tertiary/aromatic N) is 1. The third kappa shape index (κ3) is 2.82. The van der Waals surface area contributed by atoms with Crippen molar-refractivity contribution in [2.75, 3.05) is 0 Å². The molecule has 1 aliphatic rings. The fraction of sp³-hybridized carbons (Fsp3) is 0.167. The zero-order valence-electron chi connectivity index (χ0n) is 15.3. The first-order chi connectivity index (χ1) is 13.7. The predicted octanol–water partition coefficient (Wildman–Crippen LogP) is 4.47. The molecule has 1 fully saturated rings. The van der Waals surface area contributed by atoms with E-state index in [0.29, 0.717) is 0 Å². The fourth-order valence-corrected chi connectivity index (χ4v) is 4.27. The first-order valence-corrected chi connectivity index (χ1v) is 9.34. The van der Waals surface area contributed by atoms with Crippen LogP contribution in [0.25, 0.3) is 0 Å². The summed E-state index contributed by atoms with van der Waals surface area (Å²) in [6, 6.07) is 26.0. The largest absolute Gasteiger partial charge is 0.323 e. The molecule has 3 aromatic carbocycles. The van der Waals surface area contributed by atoms with Crippen molar-refractivity contribution in [1.29, 1.82) is 0 Å². The minimum atomic E-state index is -1.47. The zero-order chi connectivity index (χ0) is 19.6. The highest BCUT2D eigenvalue weighted by molar-refractivity contribution is 5.89. The van der Waals surface area contributed by atoms with E-state index in [1.54, 1.807) is 0 Å². The highest BCUT2D eigenvalue weighted by Gasteiger charge is 2.52. The second kappa shape index (κ2) is 7.39. The molecule has 1 aliphatic heterocycles. The van der Waals surface area contributed by atoms with Gasteiger partial charge in [-0.2, -0.15) is 4.39 Å². The number of carbonyl (C=O) groups excluding carboxylic acids is 2. The average Bonchev–Trinajstić information content (AvgIpc) is 3.13. The maximum absolute atomic E-state index is 14.1. The van der Waals surface area contributed by atoms with Crippen molar-refractivity contribution in [2.45, 2.75) is 24.4 Å². The Morgan fingerprint density at radius 1 is 0.786 bits per heavy atom. The topological polar surface area (TPSA) is 37.4 Å². The van der Waals surface area contributed by atoms with Crippen LogP contribution in [0.3, 0.4) is 0 Å². The van der Waals surface area contributed by atoms with Crippen molar-refractivity contribution in [1.82, 2.24) is 4.90 Å². The van der Waals surface area contributed by atoms with Crippen molar-refractivity contribution < 1.29 is 14.0 Å². The Morgan fingerprint density at radius 3 is 1.54 bits per heavy atom. The summed E-state index contributed by atoms with van der Waals surface area (Å²) in [6.07, 6.45) is 0.330. The monoisotopic (exact) mass is 373 g/mol. The summed E-state index contributed by atoms with van der Waals surface area (Å²) in [5.41, 5.74) is 1.35. The van der Waals surface area contributed by atoms with E-state index >= 15 is 0 Å². The molecule has 0 aromatic heterocycles. The molecule has 0 saturated carbocycles. The summed E-state index contributed by atoms with van der Waals surface area (Å²) in [5, 5.41) is 0. The molecule has 1 heterocycles. The molecule has 3 nitrogen and oxygen atoms in total. The molecule has 28 heavy (non-hydrogen) atoms. The lowest BCUT2D eigenvalue weighted by Gasteiger charge is -2.45. The first kappa shape index (κ1) is 18.1. The summed E-state index contributed by atoms with van der Waals surface area (Å²) < 4.78 is 14.1. The van der Waals surface area contributed by atoms with Crippen LogP contribution >= 0.6 is 0 Å². The molecule has 1 atom stereocenters. The van der Waals surface area contributed by atoms with Gasteiger partial charge in [0.2, 0.25) is 5.91 Å². The first-order valence-electron chi connectivity index (χ1n) is 9.34. The third-order valence-corrected chi connectivity index (χ3v) is 5.41. The van der Waals surface area contributed by atoms with Gasteiger partial charge in [-0.05, 0) is 23.1 Å². The maximum atomic E-state index is 14.1. The number of hydrogen-bond donors (Lipinski definition) is 0. The number of halogens is 1. The van der Waals surface area contributed by atoms with E-state index < -0.39 is 17.6 Å². The van der Waals surface area contributed by atoms with Gasteiger partial charge in [0.05, 0.1) is 0 Å². The van der Waals surface area contributed by atoms with Crippen LogP contribution in [0.5, 0.6) is 0 Å². The normalized spacial score (nSPS) is 17.0. The standard InChI is InChI=1S/C24H20FNO2/c25-23(28)21-16-17-22(27)26(21)24(18-10-4-1-5-11-18,19-12-6-2-7-13-19)20-14-8-3-9-15-20/h1-15,21H,16-17H2/t21-/m0/s1. The van der Waals surface area contributed by atoms with Crippen molar-refractivity contribution in [3.8, 4) is 0 Å². The number of amides is 1. The van der Waals surface area contributed by atoms with Crippen LogP contribution in [0.4, 0.5) is 4.39 Å². The van der Waals surface area contributed by atoms with Gasteiger partial charge in [0, 0.05) is 6.42 Å². The Kier molecular flexibility index (Phi) is 4.78. The van der Waals surface area contributed by atoms with Crippen molar-refractivity contribution >= 4 is 11.9 Å². The highest BCUT2D eigenvalue weighted by Crippen LogP contribution is 2.46. The molecule has 0 bridgehead atoms. The SMILES string of the molecule is O=C(F)[C@@H]1CCC(=O)N1C(c1ccccc1)(c1ccccc1)c1ccccc1. The molecule has 1 saturated heterocycles. The van der Waals surface area contributed by atoms with Gasteiger partial charge in [-0.1, -0.05) is 91.0 Å². The Bertz CT molecular complexity index is 877. The third-order valence-electron chi connectivity index (χ3n) is 5.41. The van der Waals surface area contributed by atoms with Gasteiger partial charge >= 0.3 is 6.04 Å². The Hall–Kier alpha value is -3.27. The van der Waals surface area contributed by atoms with Gasteiger partial charge in [-0.3, -0.25) is 9.59 Å². The van der Waals surface area contributed by atoms with Gasteiger partial charge in [0.1, 0.15) is 11.6 Å². The molecule has 0 spiro atoms. The number of rotatable bonds is 5. The molecule has 1 amide bonds. The second-order valence-electron chi connectivity index (χ2n) is 6.93. The van der Waals surface area contributed by atoms with Gasteiger partial charge in [-0.25, -0.2) is 0 Å². The smallest absolute Gasteiger partial charge is 0.312 e. The van der Waals surface area contributed by atoms with Gasteiger partial charge in [0.25, 0.3) is 0 Å². The zero-order valence-corrected chi connectivity index (χ0v) is 15.3. The van der Waals surface area contributed by atoms with E-state index in [1.165, 1.54) is 4.90 Å². The van der Waals surface area contributed by atoms with Crippen molar-refractivity contribution in [3.63, 3.8) is 0 Å². The number of benzene rings is 3. The van der Waals surface area contributed by atoms with Crippen LogP contribution in [0, 0.1) is 0 Å². The molecule has 0 radical (unpaired) electrons. The summed E-state index contributed by atoms with van der Waals surface area (Å²) in [5.74, 6) is -0.229. The van der Waals surface area contributed by atoms with E-state index in [1.807, 2.05) is 91.0 Å². The lowest BCUT2D eigenvalue weighted by atomic mass is 9.75. The lowest BCUT2D eigenvalue weighted by molar-refractivity contribution is -0.143. The minimum absolute atomic E-state index is 0.147. The Balaban J connectivity index is 2.10. The number of carbonyl (C=O) groups is 2. The molecule has 3 aromatic rings. The maximum Gasteiger partial charge on any atom is 0.323 e. The van der Waals surface area contributed by atoms with E-state index in [4.69, 9.17) is 0 Å². The summed E-state index contributed by atoms with van der Waals surface area (Å²) in [7, 11) is 0. The molecule has 4 rings (SSSR count). The van der Waals surface area contributed by atoms with Gasteiger partial charge in [0.15, 0.2) is 0 Å². The Labute approximate surface area is 163 Å². The second-order valence-corrected chi connectivity index (χ2v) is 6.93. The van der Waals surface area contributed by atoms with Crippen LogP contribution in [-0.2, 0) is 15.1 Å². The van der Waals surface area contributed by atoms with Crippen molar-refractivity contribution in [3.05, 3.63) is 108 Å². The quantitative estimate of drug-likeness (QED) is 0.489. The number of likely N-dealkylation sites (tertiary alicyclic amines) is 1. The van der Waals surface area contributed by atoms with Gasteiger partial charge in [-0.15, -0.1) is 0 Å². The summed E-state index contributed by atoms with van der Waals surface area (Å²) in [6.45, 7) is 0. The van der Waals surface area contributed by atoms with Crippen molar-refractivity contribution in [2.24, 2.45) is 0 Å². The van der Waals surface area contributed by atoms with Crippen LogP contribution < -0.4 is 0 Å². The van der Waals surface area contributed by atoms with E-state index in [0.717, 1.165) is 16.7 Å². The highest BCUT2D eigenvalue weighted by atomic mass is 19.1.